The van der Waals surface area contributed by atoms with Gasteiger partial charge in [-0.25, -0.2) is 0 Å². The first-order chi connectivity index (χ1) is 9.81. The van der Waals surface area contributed by atoms with Crippen molar-refractivity contribution in [2.45, 2.75) is 13.0 Å². The zero-order valence-corrected chi connectivity index (χ0v) is 10.6. The molecule has 0 aromatic heterocycles. The van der Waals surface area contributed by atoms with Gasteiger partial charge in [-0.1, -0.05) is 0 Å². The molecule has 9 nitrogen and oxygen atoms in total. The van der Waals surface area contributed by atoms with Crippen molar-refractivity contribution in [2.24, 2.45) is 5.92 Å². The van der Waals surface area contributed by atoms with Gasteiger partial charge in [0.2, 0.25) is 0 Å². The summed E-state index contributed by atoms with van der Waals surface area (Å²) in [4.78, 5) is 42.6. The number of carbonyl (C=O) groups excluding carboxylic acids is 1. The largest absolute Gasteiger partial charge is 0.481 e. The van der Waals surface area contributed by atoms with Gasteiger partial charge in [-0.05, 0) is 17.7 Å². The third kappa shape index (κ3) is 4.90. The zero-order valence-electron chi connectivity index (χ0n) is 10.6. The topological polar surface area (TPSA) is 144 Å². The number of hydrogen-bond donors (Lipinski definition) is 2. The van der Waals surface area contributed by atoms with Gasteiger partial charge in [-0.3, -0.25) is 24.5 Å². The summed E-state index contributed by atoms with van der Waals surface area (Å²) < 4.78 is 4.70. The molecule has 1 aromatic rings. The predicted octanol–water partition coefficient (Wildman–Crippen LogP) is 0.813. The van der Waals surface area contributed by atoms with E-state index >= 15 is 0 Å². The number of carbonyl (C=O) groups is 3. The highest BCUT2D eigenvalue weighted by molar-refractivity contribution is 5.96. The number of hydrogen-bond acceptors (Lipinski definition) is 6. The van der Waals surface area contributed by atoms with Gasteiger partial charge in [-0.2, -0.15) is 0 Å². The standard InChI is InChI=1S/C12H11NO8/c14-10(15)5-9(11(16)17)12(18)21-6-7-1-3-8(4-2-7)13(19)20/h1-4,9H,5-6H2,(H,14,15)(H,16,17). The number of benzene rings is 1. The van der Waals surface area contributed by atoms with Crippen LogP contribution in [0, 0.1) is 16.0 Å². The van der Waals surface area contributed by atoms with Gasteiger partial charge >= 0.3 is 17.9 Å². The maximum absolute atomic E-state index is 11.5. The molecule has 0 fully saturated rings. The molecule has 0 aliphatic rings. The first-order valence-corrected chi connectivity index (χ1v) is 5.66. The summed E-state index contributed by atoms with van der Waals surface area (Å²) in [6, 6.07) is 5.10. The lowest BCUT2D eigenvalue weighted by Gasteiger charge is -2.10. The third-order valence-corrected chi connectivity index (χ3v) is 2.49. The Hall–Kier alpha value is -2.97. The molecule has 1 rings (SSSR count). The van der Waals surface area contributed by atoms with Crippen LogP contribution < -0.4 is 0 Å². The molecule has 0 amide bonds. The van der Waals surface area contributed by atoms with Gasteiger partial charge in [0.05, 0.1) is 11.3 Å². The van der Waals surface area contributed by atoms with Crippen LogP contribution in [-0.2, 0) is 25.7 Å². The number of ether oxygens (including phenoxy) is 1. The molecule has 1 aromatic carbocycles. The fourth-order valence-electron chi connectivity index (χ4n) is 1.42. The minimum atomic E-state index is -1.79. The van der Waals surface area contributed by atoms with E-state index in [1.807, 2.05) is 0 Å². The monoisotopic (exact) mass is 297 g/mol. The number of aliphatic carboxylic acids is 2. The second-order valence-electron chi connectivity index (χ2n) is 4.02. The average molecular weight is 297 g/mol. The van der Waals surface area contributed by atoms with Crippen molar-refractivity contribution >= 4 is 23.6 Å². The van der Waals surface area contributed by atoms with Crippen LogP contribution in [0.3, 0.4) is 0 Å². The predicted molar refractivity (Wildman–Crippen MR) is 66.3 cm³/mol. The Bertz CT molecular complexity index is 565. The summed E-state index contributed by atoms with van der Waals surface area (Å²) in [6.07, 6.45) is -0.881. The van der Waals surface area contributed by atoms with E-state index in [9.17, 15) is 24.5 Å². The number of carboxylic acid groups (broad SMARTS) is 2. The van der Waals surface area contributed by atoms with Crippen LogP contribution in [0.1, 0.15) is 12.0 Å². The van der Waals surface area contributed by atoms with Crippen molar-refractivity contribution in [3.63, 3.8) is 0 Å². The van der Waals surface area contributed by atoms with Crippen LogP contribution in [-0.4, -0.2) is 33.0 Å². The third-order valence-electron chi connectivity index (χ3n) is 2.49. The lowest BCUT2D eigenvalue weighted by molar-refractivity contribution is -0.384. The Labute approximate surface area is 117 Å². The molecule has 0 bridgehead atoms. The van der Waals surface area contributed by atoms with Crippen molar-refractivity contribution in [1.82, 2.24) is 0 Å². The Kier molecular flexibility index (Phi) is 5.35. The normalized spacial score (nSPS) is 11.4. The van der Waals surface area contributed by atoms with Crippen molar-refractivity contribution < 1.29 is 34.3 Å². The molecule has 0 saturated heterocycles. The highest BCUT2D eigenvalue weighted by Crippen LogP contribution is 2.14. The summed E-state index contributed by atoms with van der Waals surface area (Å²) in [5.41, 5.74) is 0.271. The van der Waals surface area contributed by atoms with Gasteiger partial charge in [0.1, 0.15) is 6.61 Å². The van der Waals surface area contributed by atoms with E-state index in [1.165, 1.54) is 24.3 Å². The molecule has 21 heavy (non-hydrogen) atoms. The second kappa shape index (κ2) is 6.98. The number of nitro groups is 1. The first kappa shape index (κ1) is 16.1. The smallest absolute Gasteiger partial charge is 0.321 e. The summed E-state index contributed by atoms with van der Waals surface area (Å²) in [6.45, 7) is -0.305. The Morgan fingerprint density at radius 3 is 2.19 bits per heavy atom. The molecule has 0 aliphatic carbocycles. The van der Waals surface area contributed by atoms with Gasteiger partial charge < -0.3 is 14.9 Å². The molecule has 1 unspecified atom stereocenters. The molecule has 1 atom stereocenters. The van der Waals surface area contributed by atoms with Crippen molar-refractivity contribution in [2.75, 3.05) is 0 Å². The number of nitrogens with zero attached hydrogens (tertiary/aromatic N) is 1. The lowest BCUT2D eigenvalue weighted by Crippen LogP contribution is -2.28. The minimum absolute atomic E-state index is 0.139. The second-order valence-corrected chi connectivity index (χ2v) is 4.02. The van der Waals surface area contributed by atoms with Crippen molar-refractivity contribution in [3.8, 4) is 0 Å². The van der Waals surface area contributed by atoms with Crippen LogP contribution in [0.15, 0.2) is 24.3 Å². The van der Waals surface area contributed by atoms with Crippen LogP contribution >= 0.6 is 0 Å². The molecular weight excluding hydrogens is 286 g/mol. The summed E-state index contributed by atoms with van der Waals surface area (Å²) in [5.74, 6) is -6.00. The molecule has 0 radical (unpaired) electrons. The van der Waals surface area contributed by atoms with Crippen LogP contribution in [0.4, 0.5) is 5.69 Å². The quantitative estimate of drug-likeness (QED) is 0.325. The van der Waals surface area contributed by atoms with E-state index in [2.05, 4.69) is 0 Å². The molecular formula is C12H11NO8. The molecule has 0 heterocycles. The number of carboxylic acids is 2. The Balaban J connectivity index is 2.64. The van der Waals surface area contributed by atoms with E-state index in [0.717, 1.165) is 0 Å². The fraction of sp³-hybridized carbons (Fsp3) is 0.250. The van der Waals surface area contributed by atoms with E-state index in [-0.39, 0.29) is 12.3 Å². The van der Waals surface area contributed by atoms with E-state index in [4.69, 9.17) is 14.9 Å². The summed E-state index contributed by atoms with van der Waals surface area (Å²) in [7, 11) is 0. The van der Waals surface area contributed by atoms with Crippen molar-refractivity contribution in [1.29, 1.82) is 0 Å². The molecule has 112 valence electrons. The number of esters is 1. The fourth-order valence-corrected chi connectivity index (χ4v) is 1.42. The highest BCUT2D eigenvalue weighted by Gasteiger charge is 2.30. The molecule has 0 spiro atoms. The summed E-state index contributed by atoms with van der Waals surface area (Å²) in [5, 5.41) is 27.7. The van der Waals surface area contributed by atoms with E-state index < -0.39 is 35.2 Å². The van der Waals surface area contributed by atoms with Crippen LogP contribution in [0.5, 0.6) is 0 Å². The van der Waals surface area contributed by atoms with E-state index in [0.29, 0.717) is 5.56 Å². The van der Waals surface area contributed by atoms with Crippen LogP contribution in [0.2, 0.25) is 0 Å². The Morgan fingerprint density at radius 2 is 1.76 bits per heavy atom. The highest BCUT2D eigenvalue weighted by atomic mass is 16.6. The lowest BCUT2D eigenvalue weighted by atomic mass is 10.1. The van der Waals surface area contributed by atoms with Gasteiger partial charge in [0.15, 0.2) is 5.92 Å². The molecule has 2 N–H and O–H groups in total. The zero-order chi connectivity index (χ0) is 16.0. The number of nitro benzene ring substituents is 1. The number of non-ortho nitro benzene ring substituents is 1. The van der Waals surface area contributed by atoms with Gasteiger partial charge in [-0.15, -0.1) is 0 Å². The van der Waals surface area contributed by atoms with Crippen LogP contribution in [0.25, 0.3) is 0 Å². The van der Waals surface area contributed by atoms with Crippen molar-refractivity contribution in [3.05, 3.63) is 39.9 Å². The molecule has 0 saturated carbocycles. The van der Waals surface area contributed by atoms with Gasteiger partial charge in [0, 0.05) is 12.1 Å². The molecule has 0 aliphatic heterocycles. The maximum atomic E-state index is 11.5. The number of rotatable bonds is 7. The summed E-state index contributed by atoms with van der Waals surface area (Å²) >= 11 is 0. The SMILES string of the molecule is O=C(O)CC(C(=O)O)C(=O)OCc1ccc([N+](=O)[O-])cc1. The molecule has 9 heteroatoms. The van der Waals surface area contributed by atoms with Gasteiger partial charge in [0.25, 0.3) is 5.69 Å². The average Bonchev–Trinajstić information content (AvgIpc) is 2.42. The Morgan fingerprint density at radius 1 is 1.19 bits per heavy atom. The maximum Gasteiger partial charge on any atom is 0.321 e. The first-order valence-electron chi connectivity index (χ1n) is 5.66. The minimum Gasteiger partial charge on any atom is -0.481 e. The van der Waals surface area contributed by atoms with E-state index in [1.54, 1.807) is 0 Å².